The molecule has 1 unspecified atom stereocenters. The lowest BCUT2D eigenvalue weighted by molar-refractivity contribution is -0.143. The number of likely N-dealkylation sites (tertiary alicyclic amines) is 1. The molecular weight excluding hydrogens is 224 g/mol. The van der Waals surface area contributed by atoms with Crippen molar-refractivity contribution in [1.29, 1.82) is 0 Å². The first kappa shape index (κ1) is 11.5. The zero-order valence-corrected chi connectivity index (χ0v) is 10.2. The summed E-state index contributed by atoms with van der Waals surface area (Å²) in [7, 11) is 0. The summed E-state index contributed by atoms with van der Waals surface area (Å²) in [5.41, 5.74) is 1.06. The first-order valence-electron chi connectivity index (χ1n) is 5.51. The molecule has 1 N–H and O–H groups in total. The molecule has 2 heterocycles. The minimum Gasteiger partial charge on any atom is -0.481 e. The highest BCUT2D eigenvalue weighted by Gasteiger charge is 2.25. The van der Waals surface area contributed by atoms with E-state index >= 15 is 0 Å². The van der Waals surface area contributed by atoms with Gasteiger partial charge in [0.25, 0.3) is 0 Å². The molecule has 0 spiro atoms. The summed E-state index contributed by atoms with van der Waals surface area (Å²) in [6.45, 7) is 4.42. The summed E-state index contributed by atoms with van der Waals surface area (Å²) in [5, 5.41) is 12.1. The molecule has 5 heteroatoms. The van der Waals surface area contributed by atoms with Crippen molar-refractivity contribution < 1.29 is 9.90 Å². The zero-order chi connectivity index (χ0) is 11.5. The van der Waals surface area contributed by atoms with E-state index in [1.165, 1.54) is 0 Å². The second kappa shape index (κ2) is 4.93. The number of carboxylic acid groups (broad SMARTS) is 1. The highest BCUT2D eigenvalue weighted by Crippen LogP contribution is 2.19. The molecule has 0 amide bonds. The maximum absolute atomic E-state index is 10.9. The molecule has 1 saturated heterocycles. The number of nitrogens with zero attached hydrogens (tertiary/aromatic N) is 2. The van der Waals surface area contributed by atoms with E-state index in [9.17, 15) is 4.79 Å². The van der Waals surface area contributed by atoms with E-state index in [0.717, 1.165) is 36.6 Å². The van der Waals surface area contributed by atoms with Crippen molar-refractivity contribution in [1.82, 2.24) is 9.88 Å². The van der Waals surface area contributed by atoms with Gasteiger partial charge in [-0.1, -0.05) is 0 Å². The van der Waals surface area contributed by atoms with Gasteiger partial charge in [-0.15, -0.1) is 11.3 Å². The Morgan fingerprint density at radius 2 is 2.56 bits per heavy atom. The first-order valence-corrected chi connectivity index (χ1v) is 6.39. The number of aryl methyl sites for hydroxylation is 1. The van der Waals surface area contributed by atoms with Crippen LogP contribution in [0.4, 0.5) is 0 Å². The molecule has 1 aliphatic heterocycles. The van der Waals surface area contributed by atoms with Crippen molar-refractivity contribution in [3.63, 3.8) is 0 Å². The van der Waals surface area contributed by atoms with Gasteiger partial charge in [0.1, 0.15) is 0 Å². The molecule has 1 aromatic rings. The van der Waals surface area contributed by atoms with E-state index in [0.29, 0.717) is 6.54 Å². The average molecular weight is 240 g/mol. The number of hydrogen-bond acceptors (Lipinski definition) is 4. The molecule has 0 aliphatic carbocycles. The van der Waals surface area contributed by atoms with E-state index in [2.05, 4.69) is 15.3 Å². The zero-order valence-electron chi connectivity index (χ0n) is 9.35. The Kier molecular flexibility index (Phi) is 3.56. The van der Waals surface area contributed by atoms with Crippen molar-refractivity contribution >= 4 is 17.3 Å². The Bertz CT molecular complexity index is 378. The van der Waals surface area contributed by atoms with Gasteiger partial charge in [-0.25, -0.2) is 4.98 Å². The van der Waals surface area contributed by atoms with Gasteiger partial charge in [-0.2, -0.15) is 0 Å². The summed E-state index contributed by atoms with van der Waals surface area (Å²) in [5.74, 6) is -0.868. The fourth-order valence-corrected chi connectivity index (χ4v) is 2.71. The van der Waals surface area contributed by atoms with E-state index < -0.39 is 5.97 Å². The van der Waals surface area contributed by atoms with Crippen molar-refractivity contribution in [2.45, 2.75) is 26.3 Å². The molecule has 1 fully saturated rings. The molecule has 0 aromatic carbocycles. The van der Waals surface area contributed by atoms with Crippen molar-refractivity contribution in [3.8, 4) is 0 Å². The number of aromatic nitrogens is 1. The number of carbonyl (C=O) groups is 1. The van der Waals surface area contributed by atoms with Crippen LogP contribution in [0.15, 0.2) is 5.38 Å². The average Bonchev–Trinajstić information content (AvgIpc) is 2.64. The lowest BCUT2D eigenvalue weighted by atomic mass is 9.98. The predicted molar refractivity (Wildman–Crippen MR) is 62.5 cm³/mol. The van der Waals surface area contributed by atoms with Gasteiger partial charge in [0.05, 0.1) is 16.6 Å². The number of carboxylic acids is 1. The molecule has 2 rings (SSSR count). The summed E-state index contributed by atoms with van der Waals surface area (Å²) in [4.78, 5) is 17.5. The van der Waals surface area contributed by atoms with E-state index in [-0.39, 0.29) is 5.92 Å². The molecule has 1 aliphatic rings. The van der Waals surface area contributed by atoms with Crippen LogP contribution in [0.5, 0.6) is 0 Å². The largest absolute Gasteiger partial charge is 0.481 e. The maximum atomic E-state index is 10.9. The van der Waals surface area contributed by atoms with Crippen LogP contribution in [0.3, 0.4) is 0 Å². The highest BCUT2D eigenvalue weighted by molar-refractivity contribution is 7.09. The Labute approximate surface area is 98.9 Å². The van der Waals surface area contributed by atoms with Gasteiger partial charge in [0, 0.05) is 18.5 Å². The SMILES string of the molecule is Cc1nc(CN2CCCC(C(=O)O)C2)cs1. The normalized spacial score (nSPS) is 22.2. The van der Waals surface area contributed by atoms with Gasteiger partial charge < -0.3 is 5.11 Å². The van der Waals surface area contributed by atoms with Gasteiger partial charge in [0.15, 0.2) is 0 Å². The summed E-state index contributed by atoms with van der Waals surface area (Å²) < 4.78 is 0. The van der Waals surface area contributed by atoms with Gasteiger partial charge in [-0.3, -0.25) is 9.69 Å². The van der Waals surface area contributed by atoms with E-state index in [1.54, 1.807) is 11.3 Å². The number of aliphatic carboxylic acids is 1. The van der Waals surface area contributed by atoms with Crippen LogP contribution >= 0.6 is 11.3 Å². The highest BCUT2D eigenvalue weighted by atomic mass is 32.1. The number of hydrogen-bond donors (Lipinski definition) is 1. The molecular formula is C11H16N2O2S. The maximum Gasteiger partial charge on any atom is 0.307 e. The van der Waals surface area contributed by atoms with E-state index in [4.69, 9.17) is 5.11 Å². The smallest absolute Gasteiger partial charge is 0.307 e. The van der Waals surface area contributed by atoms with Crippen LogP contribution in [0.1, 0.15) is 23.5 Å². The number of thiazole rings is 1. The van der Waals surface area contributed by atoms with Gasteiger partial charge in [-0.05, 0) is 26.3 Å². The Hall–Kier alpha value is -0.940. The minimum absolute atomic E-state index is 0.200. The molecule has 1 aromatic heterocycles. The van der Waals surface area contributed by atoms with Crippen molar-refractivity contribution in [3.05, 3.63) is 16.1 Å². The predicted octanol–water partition coefficient (Wildman–Crippen LogP) is 1.75. The van der Waals surface area contributed by atoms with Gasteiger partial charge >= 0.3 is 5.97 Å². The van der Waals surface area contributed by atoms with Crippen molar-refractivity contribution in [2.75, 3.05) is 13.1 Å². The number of rotatable bonds is 3. The number of piperidine rings is 1. The van der Waals surface area contributed by atoms with Gasteiger partial charge in [0.2, 0.25) is 0 Å². The van der Waals surface area contributed by atoms with E-state index in [1.807, 2.05) is 6.92 Å². The second-order valence-corrected chi connectivity index (χ2v) is 5.33. The molecule has 4 nitrogen and oxygen atoms in total. The second-order valence-electron chi connectivity index (χ2n) is 4.27. The molecule has 0 bridgehead atoms. The topological polar surface area (TPSA) is 53.4 Å². The Morgan fingerprint density at radius 3 is 3.19 bits per heavy atom. The summed E-state index contributed by atoms with van der Waals surface area (Å²) >= 11 is 1.65. The third kappa shape index (κ3) is 2.80. The van der Waals surface area contributed by atoms with Crippen molar-refractivity contribution in [2.24, 2.45) is 5.92 Å². The third-order valence-corrected chi connectivity index (χ3v) is 3.73. The quantitative estimate of drug-likeness (QED) is 0.874. The molecule has 16 heavy (non-hydrogen) atoms. The van der Waals surface area contributed by atoms with Crippen LogP contribution in [0, 0.1) is 12.8 Å². The third-order valence-electron chi connectivity index (χ3n) is 2.91. The minimum atomic E-state index is -0.667. The van der Waals surface area contributed by atoms with Crippen LogP contribution in [-0.2, 0) is 11.3 Å². The van der Waals surface area contributed by atoms with Crippen LogP contribution < -0.4 is 0 Å². The Morgan fingerprint density at radius 1 is 1.75 bits per heavy atom. The lowest BCUT2D eigenvalue weighted by Gasteiger charge is -2.29. The molecule has 88 valence electrons. The summed E-state index contributed by atoms with van der Waals surface area (Å²) in [6.07, 6.45) is 1.78. The van der Waals surface area contributed by atoms with Crippen LogP contribution in [0.25, 0.3) is 0 Å². The monoisotopic (exact) mass is 240 g/mol. The molecule has 0 saturated carbocycles. The fraction of sp³-hybridized carbons (Fsp3) is 0.636. The van der Waals surface area contributed by atoms with Crippen LogP contribution in [0.2, 0.25) is 0 Å². The Balaban J connectivity index is 1.92. The first-order chi connectivity index (χ1) is 7.65. The molecule has 0 radical (unpaired) electrons. The standard InChI is InChI=1S/C11H16N2O2S/c1-8-12-10(7-16-8)6-13-4-2-3-9(5-13)11(14)15/h7,9H,2-6H2,1H3,(H,14,15). The van der Waals surface area contributed by atoms with Crippen LogP contribution in [-0.4, -0.2) is 34.0 Å². The summed E-state index contributed by atoms with van der Waals surface area (Å²) in [6, 6.07) is 0. The lowest BCUT2D eigenvalue weighted by Crippen LogP contribution is -2.38. The molecule has 1 atom stereocenters. The fourth-order valence-electron chi connectivity index (χ4n) is 2.11.